The van der Waals surface area contributed by atoms with Crippen molar-refractivity contribution in [1.29, 1.82) is 0 Å². The van der Waals surface area contributed by atoms with Crippen LogP contribution >= 0.6 is 0 Å². The fourth-order valence-corrected chi connectivity index (χ4v) is 2.72. The number of hydrogen-bond acceptors (Lipinski definition) is 2. The van der Waals surface area contributed by atoms with Crippen LogP contribution in [-0.2, 0) is 0 Å². The Balaban J connectivity index is 2.08. The molecular formula is C18H22N2. The quantitative estimate of drug-likeness (QED) is 0.812. The zero-order valence-corrected chi connectivity index (χ0v) is 12.5. The second-order valence-electron chi connectivity index (χ2n) is 6.46. The van der Waals surface area contributed by atoms with E-state index in [2.05, 4.69) is 79.5 Å². The average molecular weight is 266 g/mol. The molecule has 2 aromatic carbocycles. The summed E-state index contributed by atoms with van der Waals surface area (Å²) in [6, 6.07) is 17.4. The normalized spacial score (nSPS) is 17.1. The number of fused-ring (bicyclic) bond motifs is 1. The highest BCUT2D eigenvalue weighted by molar-refractivity contribution is 5.77. The number of anilines is 3. The summed E-state index contributed by atoms with van der Waals surface area (Å²) < 4.78 is 0. The number of nitrogens with one attached hydrogen (secondary N) is 1. The summed E-state index contributed by atoms with van der Waals surface area (Å²) in [7, 11) is 0. The summed E-state index contributed by atoms with van der Waals surface area (Å²) in [5.74, 6) is 0. The molecule has 104 valence electrons. The van der Waals surface area contributed by atoms with Crippen molar-refractivity contribution in [3.05, 3.63) is 54.1 Å². The Morgan fingerprint density at radius 1 is 1.00 bits per heavy atom. The third-order valence-electron chi connectivity index (χ3n) is 3.88. The van der Waals surface area contributed by atoms with Gasteiger partial charge in [0.25, 0.3) is 0 Å². The minimum atomic E-state index is 0.226. The van der Waals surface area contributed by atoms with Crippen molar-refractivity contribution in [3.63, 3.8) is 0 Å². The highest BCUT2D eigenvalue weighted by Crippen LogP contribution is 2.38. The first-order valence-electron chi connectivity index (χ1n) is 7.22. The van der Waals surface area contributed by atoms with Crippen LogP contribution in [0.5, 0.6) is 0 Å². The topological polar surface area (TPSA) is 15.3 Å². The first-order valence-corrected chi connectivity index (χ1v) is 7.22. The van der Waals surface area contributed by atoms with Crippen LogP contribution in [0.4, 0.5) is 17.1 Å². The standard InChI is InChI=1S/C18H22N2/c1-14-8-10-15(11-9-14)20-13-18(2,3)12-19-16-6-4-5-7-17(16)20/h4-11,19H,12-13H2,1-3H3. The summed E-state index contributed by atoms with van der Waals surface area (Å²) in [6.45, 7) is 8.76. The van der Waals surface area contributed by atoms with Gasteiger partial charge in [0.15, 0.2) is 0 Å². The molecule has 1 aliphatic rings. The molecule has 1 N–H and O–H groups in total. The maximum absolute atomic E-state index is 3.58. The van der Waals surface area contributed by atoms with Crippen LogP contribution in [0.3, 0.4) is 0 Å². The number of aryl methyl sites for hydroxylation is 1. The van der Waals surface area contributed by atoms with E-state index in [-0.39, 0.29) is 5.41 Å². The predicted octanol–water partition coefficient (Wildman–Crippen LogP) is 4.58. The third-order valence-corrected chi connectivity index (χ3v) is 3.88. The maximum Gasteiger partial charge on any atom is 0.0646 e. The van der Waals surface area contributed by atoms with Crippen molar-refractivity contribution in [2.45, 2.75) is 20.8 Å². The van der Waals surface area contributed by atoms with Gasteiger partial charge in [0.05, 0.1) is 11.4 Å². The van der Waals surface area contributed by atoms with Crippen molar-refractivity contribution in [3.8, 4) is 0 Å². The molecule has 0 aromatic heterocycles. The van der Waals surface area contributed by atoms with E-state index in [9.17, 15) is 0 Å². The van der Waals surface area contributed by atoms with Crippen LogP contribution in [0.2, 0.25) is 0 Å². The number of para-hydroxylation sites is 2. The van der Waals surface area contributed by atoms with E-state index in [1.807, 2.05) is 0 Å². The summed E-state index contributed by atoms with van der Waals surface area (Å²) in [6.07, 6.45) is 0. The SMILES string of the molecule is Cc1ccc(N2CC(C)(C)CNc3ccccc32)cc1. The lowest BCUT2D eigenvalue weighted by Gasteiger charge is -2.31. The summed E-state index contributed by atoms with van der Waals surface area (Å²) in [5.41, 5.74) is 5.28. The number of rotatable bonds is 1. The van der Waals surface area contributed by atoms with Gasteiger partial charge >= 0.3 is 0 Å². The molecule has 2 aromatic rings. The fourth-order valence-electron chi connectivity index (χ4n) is 2.72. The molecule has 0 spiro atoms. The highest BCUT2D eigenvalue weighted by atomic mass is 15.2. The molecule has 20 heavy (non-hydrogen) atoms. The minimum absolute atomic E-state index is 0.226. The Kier molecular flexibility index (Phi) is 3.17. The van der Waals surface area contributed by atoms with Gasteiger partial charge in [-0.25, -0.2) is 0 Å². The first kappa shape index (κ1) is 13.0. The molecule has 0 fully saturated rings. The number of hydrogen-bond donors (Lipinski definition) is 1. The van der Waals surface area contributed by atoms with Crippen molar-refractivity contribution in [2.75, 3.05) is 23.3 Å². The van der Waals surface area contributed by atoms with Crippen LogP contribution in [0, 0.1) is 12.3 Å². The van der Waals surface area contributed by atoms with E-state index >= 15 is 0 Å². The lowest BCUT2D eigenvalue weighted by atomic mass is 9.93. The van der Waals surface area contributed by atoms with E-state index in [0.29, 0.717) is 0 Å². The van der Waals surface area contributed by atoms with Gasteiger partial charge in [-0.2, -0.15) is 0 Å². The van der Waals surface area contributed by atoms with Crippen molar-refractivity contribution >= 4 is 17.1 Å². The second kappa shape index (κ2) is 4.86. The lowest BCUT2D eigenvalue weighted by molar-refractivity contribution is 0.407. The molecule has 3 rings (SSSR count). The molecule has 0 saturated heterocycles. The fraction of sp³-hybridized carbons (Fsp3) is 0.333. The van der Waals surface area contributed by atoms with E-state index in [1.165, 1.54) is 22.6 Å². The van der Waals surface area contributed by atoms with E-state index in [0.717, 1.165) is 13.1 Å². The molecule has 0 saturated carbocycles. The Hall–Kier alpha value is -1.96. The summed E-state index contributed by atoms with van der Waals surface area (Å²) in [4.78, 5) is 2.43. The molecule has 1 aliphatic heterocycles. The Labute approximate surface area is 121 Å². The summed E-state index contributed by atoms with van der Waals surface area (Å²) in [5, 5.41) is 3.58. The molecule has 1 heterocycles. The Morgan fingerprint density at radius 2 is 1.70 bits per heavy atom. The Morgan fingerprint density at radius 3 is 2.45 bits per heavy atom. The van der Waals surface area contributed by atoms with Gasteiger partial charge in [0, 0.05) is 18.8 Å². The van der Waals surface area contributed by atoms with Crippen molar-refractivity contribution < 1.29 is 0 Å². The zero-order valence-electron chi connectivity index (χ0n) is 12.5. The highest BCUT2D eigenvalue weighted by Gasteiger charge is 2.27. The van der Waals surface area contributed by atoms with Crippen LogP contribution in [-0.4, -0.2) is 13.1 Å². The minimum Gasteiger partial charge on any atom is -0.383 e. The molecule has 0 aliphatic carbocycles. The number of nitrogens with zero attached hydrogens (tertiary/aromatic N) is 1. The molecule has 2 heteroatoms. The van der Waals surface area contributed by atoms with Crippen LogP contribution < -0.4 is 10.2 Å². The van der Waals surface area contributed by atoms with Gasteiger partial charge in [-0.15, -0.1) is 0 Å². The van der Waals surface area contributed by atoms with Gasteiger partial charge in [-0.3, -0.25) is 0 Å². The molecular weight excluding hydrogens is 244 g/mol. The average Bonchev–Trinajstić information content (AvgIpc) is 2.57. The van der Waals surface area contributed by atoms with Crippen molar-refractivity contribution in [2.24, 2.45) is 5.41 Å². The molecule has 0 atom stereocenters. The first-order chi connectivity index (χ1) is 9.55. The molecule has 0 bridgehead atoms. The van der Waals surface area contributed by atoms with E-state index in [1.54, 1.807) is 0 Å². The second-order valence-corrected chi connectivity index (χ2v) is 6.46. The van der Waals surface area contributed by atoms with Gasteiger partial charge in [0.2, 0.25) is 0 Å². The predicted molar refractivity (Wildman–Crippen MR) is 86.9 cm³/mol. The molecule has 0 unspecified atom stereocenters. The van der Waals surface area contributed by atoms with E-state index in [4.69, 9.17) is 0 Å². The maximum atomic E-state index is 3.58. The lowest BCUT2D eigenvalue weighted by Crippen LogP contribution is -2.33. The zero-order chi connectivity index (χ0) is 14.2. The van der Waals surface area contributed by atoms with Crippen LogP contribution in [0.1, 0.15) is 19.4 Å². The summed E-state index contributed by atoms with van der Waals surface area (Å²) >= 11 is 0. The molecule has 2 nitrogen and oxygen atoms in total. The number of benzene rings is 2. The smallest absolute Gasteiger partial charge is 0.0646 e. The molecule has 0 amide bonds. The third kappa shape index (κ3) is 2.51. The largest absolute Gasteiger partial charge is 0.383 e. The van der Waals surface area contributed by atoms with Gasteiger partial charge in [-0.05, 0) is 36.6 Å². The van der Waals surface area contributed by atoms with Crippen molar-refractivity contribution in [1.82, 2.24) is 0 Å². The van der Waals surface area contributed by atoms with E-state index < -0.39 is 0 Å². The van der Waals surface area contributed by atoms with Gasteiger partial charge in [0.1, 0.15) is 0 Å². The monoisotopic (exact) mass is 266 g/mol. The van der Waals surface area contributed by atoms with Crippen LogP contribution in [0.15, 0.2) is 48.5 Å². The van der Waals surface area contributed by atoms with Gasteiger partial charge in [-0.1, -0.05) is 43.7 Å². The van der Waals surface area contributed by atoms with Gasteiger partial charge < -0.3 is 10.2 Å². The Bertz CT molecular complexity index is 599. The van der Waals surface area contributed by atoms with Crippen LogP contribution in [0.25, 0.3) is 0 Å². The molecule has 0 radical (unpaired) electrons.